The van der Waals surface area contributed by atoms with E-state index in [-0.39, 0.29) is 18.3 Å². The number of sulfone groups is 1. The highest BCUT2D eigenvalue weighted by molar-refractivity contribution is 7.90. The van der Waals surface area contributed by atoms with Crippen molar-refractivity contribution in [2.75, 3.05) is 12.9 Å². The quantitative estimate of drug-likeness (QED) is 0.757. The summed E-state index contributed by atoms with van der Waals surface area (Å²) in [6.45, 7) is 5.17. The van der Waals surface area contributed by atoms with Crippen molar-refractivity contribution in [2.45, 2.75) is 32.4 Å². The fraction of sp³-hybridized carbons (Fsp3) is 0.636. The molecular formula is C11H17NO5S. The maximum atomic E-state index is 11.6. The van der Waals surface area contributed by atoms with Crippen LogP contribution in [0.15, 0.2) is 4.42 Å². The molecule has 18 heavy (non-hydrogen) atoms. The molecule has 0 saturated heterocycles. The van der Waals surface area contributed by atoms with E-state index in [0.29, 0.717) is 12.1 Å². The Morgan fingerprint density at radius 1 is 1.44 bits per heavy atom. The number of esters is 1. The molecule has 0 aliphatic rings. The van der Waals surface area contributed by atoms with Crippen molar-refractivity contribution in [2.24, 2.45) is 0 Å². The van der Waals surface area contributed by atoms with E-state index in [0.717, 1.165) is 6.26 Å². The first-order valence-corrected chi connectivity index (χ1v) is 7.62. The maximum absolute atomic E-state index is 11.6. The third-order valence-electron chi connectivity index (χ3n) is 2.50. The van der Waals surface area contributed by atoms with Crippen LogP contribution in [0.25, 0.3) is 0 Å². The van der Waals surface area contributed by atoms with Gasteiger partial charge in [-0.15, -0.1) is 0 Å². The SMILES string of the molecule is CCOC(=O)c1oc(C(C)S(C)(=O)=O)nc1CC. The van der Waals surface area contributed by atoms with Crippen molar-refractivity contribution >= 4 is 15.8 Å². The van der Waals surface area contributed by atoms with Crippen LogP contribution in [0.1, 0.15) is 48.2 Å². The summed E-state index contributed by atoms with van der Waals surface area (Å²) in [6, 6.07) is 0. The molecule has 0 saturated carbocycles. The Hall–Kier alpha value is -1.37. The summed E-state index contributed by atoms with van der Waals surface area (Å²) in [5, 5.41) is -0.883. The lowest BCUT2D eigenvalue weighted by molar-refractivity contribution is 0.0486. The first-order chi connectivity index (χ1) is 8.31. The summed E-state index contributed by atoms with van der Waals surface area (Å²) in [6.07, 6.45) is 1.56. The lowest BCUT2D eigenvalue weighted by Crippen LogP contribution is -2.08. The fourth-order valence-corrected chi connectivity index (χ4v) is 1.79. The van der Waals surface area contributed by atoms with E-state index in [1.54, 1.807) is 13.8 Å². The Balaban J connectivity index is 3.16. The highest BCUT2D eigenvalue weighted by atomic mass is 32.2. The third-order valence-corrected chi connectivity index (χ3v) is 3.99. The van der Waals surface area contributed by atoms with E-state index in [1.165, 1.54) is 6.92 Å². The summed E-state index contributed by atoms with van der Waals surface area (Å²) >= 11 is 0. The molecule has 102 valence electrons. The van der Waals surface area contributed by atoms with Crippen LogP contribution in [-0.2, 0) is 21.0 Å². The van der Waals surface area contributed by atoms with E-state index in [2.05, 4.69) is 4.98 Å². The second-order valence-electron chi connectivity index (χ2n) is 3.87. The zero-order valence-corrected chi connectivity index (χ0v) is 11.7. The van der Waals surface area contributed by atoms with Gasteiger partial charge in [0.25, 0.3) is 0 Å². The first-order valence-electron chi connectivity index (χ1n) is 5.66. The molecular weight excluding hydrogens is 258 g/mol. The molecule has 7 heteroatoms. The van der Waals surface area contributed by atoms with Crippen molar-refractivity contribution in [3.63, 3.8) is 0 Å². The summed E-state index contributed by atoms with van der Waals surface area (Å²) in [4.78, 5) is 15.7. The molecule has 0 N–H and O–H groups in total. The molecule has 1 atom stereocenters. The van der Waals surface area contributed by atoms with E-state index < -0.39 is 21.1 Å². The Kier molecular flexibility index (Phi) is 4.50. The van der Waals surface area contributed by atoms with Crippen molar-refractivity contribution in [1.82, 2.24) is 4.98 Å². The van der Waals surface area contributed by atoms with Crippen LogP contribution in [0.4, 0.5) is 0 Å². The molecule has 0 bridgehead atoms. The van der Waals surface area contributed by atoms with Crippen LogP contribution in [0.3, 0.4) is 0 Å². The molecule has 0 aliphatic heterocycles. The molecule has 1 heterocycles. The topological polar surface area (TPSA) is 86.5 Å². The fourth-order valence-electron chi connectivity index (χ4n) is 1.32. The standard InChI is InChI=1S/C11H17NO5S/c1-5-8-9(11(13)16-6-2)17-10(12-8)7(3)18(4,14)15/h7H,5-6H2,1-4H3. The lowest BCUT2D eigenvalue weighted by Gasteiger charge is -2.03. The number of aromatic nitrogens is 1. The zero-order valence-electron chi connectivity index (χ0n) is 10.9. The monoisotopic (exact) mass is 275 g/mol. The average Bonchev–Trinajstić information content (AvgIpc) is 2.70. The van der Waals surface area contributed by atoms with Gasteiger partial charge in [0.1, 0.15) is 5.25 Å². The Labute approximate surface area is 106 Å². The number of carbonyl (C=O) groups excluding carboxylic acids is 1. The van der Waals surface area contributed by atoms with Crippen LogP contribution in [0.5, 0.6) is 0 Å². The van der Waals surface area contributed by atoms with Crippen LogP contribution >= 0.6 is 0 Å². The second-order valence-corrected chi connectivity index (χ2v) is 6.24. The van der Waals surface area contributed by atoms with E-state index >= 15 is 0 Å². The lowest BCUT2D eigenvalue weighted by atomic mass is 10.3. The minimum Gasteiger partial charge on any atom is -0.460 e. The molecule has 1 aromatic rings. The number of aryl methyl sites for hydroxylation is 1. The van der Waals surface area contributed by atoms with Crippen LogP contribution in [0, 0.1) is 0 Å². The third kappa shape index (κ3) is 3.10. The summed E-state index contributed by atoms with van der Waals surface area (Å²) in [7, 11) is -3.31. The van der Waals surface area contributed by atoms with Crippen LogP contribution in [0.2, 0.25) is 0 Å². The Morgan fingerprint density at radius 3 is 2.50 bits per heavy atom. The van der Waals surface area contributed by atoms with Gasteiger partial charge in [-0.2, -0.15) is 0 Å². The van der Waals surface area contributed by atoms with Gasteiger partial charge in [0.15, 0.2) is 9.84 Å². The van der Waals surface area contributed by atoms with Crippen LogP contribution in [-0.4, -0.2) is 32.2 Å². The average molecular weight is 275 g/mol. The number of rotatable bonds is 5. The normalized spacial score (nSPS) is 13.3. The summed E-state index contributed by atoms with van der Waals surface area (Å²) in [5.74, 6) is -0.601. The number of oxazole rings is 1. The zero-order chi connectivity index (χ0) is 13.9. The van der Waals surface area contributed by atoms with Crippen LogP contribution < -0.4 is 0 Å². The van der Waals surface area contributed by atoms with E-state index in [9.17, 15) is 13.2 Å². The van der Waals surface area contributed by atoms with Crippen molar-refractivity contribution in [3.05, 3.63) is 17.3 Å². The summed E-state index contributed by atoms with van der Waals surface area (Å²) < 4.78 is 32.9. The van der Waals surface area contributed by atoms with Gasteiger partial charge < -0.3 is 9.15 Å². The molecule has 0 amide bonds. The minimum atomic E-state index is -3.31. The molecule has 0 fully saturated rings. The predicted molar refractivity (Wildman–Crippen MR) is 65.1 cm³/mol. The first kappa shape index (κ1) is 14.7. The molecule has 1 rings (SSSR count). The molecule has 0 aromatic carbocycles. The van der Waals surface area contributed by atoms with Gasteiger partial charge >= 0.3 is 5.97 Å². The molecule has 0 spiro atoms. The maximum Gasteiger partial charge on any atom is 0.376 e. The molecule has 1 unspecified atom stereocenters. The number of ether oxygens (including phenoxy) is 1. The number of hydrogen-bond acceptors (Lipinski definition) is 6. The van der Waals surface area contributed by atoms with E-state index in [4.69, 9.17) is 9.15 Å². The van der Waals surface area contributed by atoms with E-state index in [1.807, 2.05) is 0 Å². The van der Waals surface area contributed by atoms with Crippen molar-refractivity contribution < 1.29 is 22.4 Å². The largest absolute Gasteiger partial charge is 0.460 e. The van der Waals surface area contributed by atoms with Gasteiger partial charge in [-0.1, -0.05) is 6.92 Å². The number of carbonyl (C=O) groups is 1. The van der Waals surface area contributed by atoms with Gasteiger partial charge in [-0.25, -0.2) is 18.2 Å². The summed E-state index contributed by atoms with van der Waals surface area (Å²) in [5.41, 5.74) is 0.416. The number of hydrogen-bond donors (Lipinski definition) is 0. The Bertz CT molecular complexity index is 532. The molecule has 6 nitrogen and oxygen atoms in total. The van der Waals surface area contributed by atoms with Gasteiger partial charge in [0, 0.05) is 6.26 Å². The van der Waals surface area contributed by atoms with Gasteiger partial charge in [-0.05, 0) is 20.3 Å². The highest BCUT2D eigenvalue weighted by Gasteiger charge is 2.27. The smallest absolute Gasteiger partial charge is 0.376 e. The highest BCUT2D eigenvalue weighted by Crippen LogP contribution is 2.23. The second kappa shape index (κ2) is 5.51. The predicted octanol–water partition coefficient (Wildman–Crippen LogP) is 1.52. The Morgan fingerprint density at radius 2 is 2.06 bits per heavy atom. The van der Waals surface area contributed by atoms with Crippen molar-refractivity contribution in [3.8, 4) is 0 Å². The number of nitrogens with zero attached hydrogens (tertiary/aromatic N) is 1. The molecule has 1 aromatic heterocycles. The van der Waals surface area contributed by atoms with Crippen molar-refractivity contribution in [1.29, 1.82) is 0 Å². The minimum absolute atomic E-state index is 0.00940. The van der Waals surface area contributed by atoms with Gasteiger partial charge in [-0.3, -0.25) is 0 Å². The molecule has 0 aliphatic carbocycles. The van der Waals surface area contributed by atoms with Gasteiger partial charge in [0.2, 0.25) is 11.7 Å². The molecule has 0 radical (unpaired) electrons. The van der Waals surface area contributed by atoms with Gasteiger partial charge in [0.05, 0.1) is 12.3 Å².